The first-order valence-electron chi connectivity index (χ1n) is 5.22. The third-order valence-corrected chi connectivity index (χ3v) is 3.13. The van der Waals surface area contributed by atoms with Gasteiger partial charge in [-0.25, -0.2) is 0 Å². The third kappa shape index (κ3) is 3.52. The lowest BCUT2D eigenvalue weighted by Gasteiger charge is -2.33. The standard InChI is InChI=1S/C11H10BrF3NO2/c12-10-7-17-5-4-16(10)8-2-1-3-9(6-8)18-11(13,14)15/h1,3,6,10H,4-5,7H2. The normalized spacial score (nSPS) is 20.9. The van der Waals surface area contributed by atoms with Gasteiger partial charge in [-0.2, -0.15) is 0 Å². The van der Waals surface area contributed by atoms with E-state index in [2.05, 4.69) is 26.7 Å². The van der Waals surface area contributed by atoms with E-state index in [4.69, 9.17) is 4.74 Å². The molecule has 0 spiro atoms. The van der Waals surface area contributed by atoms with E-state index in [1.54, 1.807) is 0 Å². The van der Waals surface area contributed by atoms with Gasteiger partial charge in [0.15, 0.2) is 0 Å². The predicted molar refractivity (Wildman–Crippen MR) is 62.8 cm³/mol. The minimum atomic E-state index is -4.68. The largest absolute Gasteiger partial charge is 0.573 e. The Morgan fingerprint density at radius 1 is 1.50 bits per heavy atom. The molecule has 1 fully saturated rings. The molecule has 1 aromatic rings. The smallest absolute Gasteiger partial charge is 0.406 e. The van der Waals surface area contributed by atoms with Crippen LogP contribution < -0.4 is 9.64 Å². The Labute approximate surface area is 111 Å². The lowest BCUT2D eigenvalue weighted by atomic mass is 10.2. The van der Waals surface area contributed by atoms with Crippen LogP contribution in [0.3, 0.4) is 0 Å². The molecule has 1 saturated heterocycles. The summed E-state index contributed by atoms with van der Waals surface area (Å²) >= 11 is 3.40. The molecule has 0 N–H and O–H groups in total. The van der Waals surface area contributed by atoms with Crippen molar-refractivity contribution in [3.05, 3.63) is 24.3 Å². The second-order valence-electron chi connectivity index (χ2n) is 3.66. The quantitative estimate of drug-likeness (QED) is 0.616. The van der Waals surface area contributed by atoms with Gasteiger partial charge in [-0.1, -0.05) is 15.9 Å². The van der Waals surface area contributed by atoms with Crippen LogP contribution in [0.4, 0.5) is 18.9 Å². The summed E-state index contributed by atoms with van der Waals surface area (Å²) in [6.07, 6.45) is -4.68. The molecule has 99 valence electrons. The number of anilines is 1. The van der Waals surface area contributed by atoms with Crippen molar-refractivity contribution in [2.24, 2.45) is 0 Å². The molecule has 18 heavy (non-hydrogen) atoms. The zero-order valence-electron chi connectivity index (χ0n) is 9.21. The monoisotopic (exact) mass is 324 g/mol. The van der Waals surface area contributed by atoms with Crippen LogP contribution in [0, 0.1) is 6.07 Å². The zero-order chi connectivity index (χ0) is 13.2. The van der Waals surface area contributed by atoms with Crippen LogP contribution in [-0.4, -0.2) is 31.1 Å². The minimum Gasteiger partial charge on any atom is -0.406 e. The van der Waals surface area contributed by atoms with Gasteiger partial charge in [0.25, 0.3) is 0 Å². The number of alkyl halides is 4. The molecular weight excluding hydrogens is 315 g/mol. The molecule has 0 amide bonds. The van der Waals surface area contributed by atoms with Gasteiger partial charge in [0.1, 0.15) is 10.7 Å². The van der Waals surface area contributed by atoms with E-state index >= 15 is 0 Å². The van der Waals surface area contributed by atoms with E-state index in [1.165, 1.54) is 18.2 Å². The molecular formula is C11H10BrF3NO2. The molecule has 1 heterocycles. The SMILES string of the molecule is FC(F)(F)Oc1cc[c]c(N2CCOCC2Br)c1. The van der Waals surface area contributed by atoms with Gasteiger partial charge in [-0.15, -0.1) is 13.2 Å². The summed E-state index contributed by atoms with van der Waals surface area (Å²) in [6, 6.07) is 6.83. The highest BCUT2D eigenvalue weighted by molar-refractivity contribution is 9.09. The van der Waals surface area contributed by atoms with Crippen molar-refractivity contribution >= 4 is 21.6 Å². The van der Waals surface area contributed by atoms with Crippen LogP contribution in [-0.2, 0) is 4.74 Å². The third-order valence-electron chi connectivity index (χ3n) is 2.37. The van der Waals surface area contributed by atoms with Crippen LogP contribution in [0.15, 0.2) is 18.2 Å². The molecule has 0 aliphatic carbocycles. The minimum absolute atomic E-state index is 0.0800. The Kier molecular flexibility index (Phi) is 4.01. The van der Waals surface area contributed by atoms with E-state index in [0.717, 1.165) is 0 Å². The molecule has 1 aromatic carbocycles. The summed E-state index contributed by atoms with van der Waals surface area (Å²) in [5, 5.41) is 0. The van der Waals surface area contributed by atoms with Gasteiger partial charge >= 0.3 is 6.36 Å². The molecule has 0 aromatic heterocycles. The Balaban J connectivity index is 2.16. The number of nitrogens with zero attached hydrogens (tertiary/aromatic N) is 1. The van der Waals surface area contributed by atoms with Crippen LogP contribution in [0.25, 0.3) is 0 Å². The molecule has 1 unspecified atom stereocenters. The highest BCUT2D eigenvalue weighted by atomic mass is 79.9. The average molecular weight is 325 g/mol. The highest BCUT2D eigenvalue weighted by Crippen LogP contribution is 2.29. The molecule has 0 bridgehead atoms. The van der Waals surface area contributed by atoms with Crippen molar-refractivity contribution in [2.75, 3.05) is 24.7 Å². The van der Waals surface area contributed by atoms with E-state index < -0.39 is 6.36 Å². The second-order valence-corrected chi connectivity index (χ2v) is 4.72. The summed E-state index contributed by atoms with van der Waals surface area (Å²) in [5.74, 6) is -0.248. The van der Waals surface area contributed by atoms with E-state index in [1.807, 2.05) is 4.90 Å². The number of rotatable bonds is 2. The Hall–Kier alpha value is -0.950. The number of hydrogen-bond acceptors (Lipinski definition) is 3. The van der Waals surface area contributed by atoms with E-state index in [9.17, 15) is 13.2 Å². The maximum absolute atomic E-state index is 12.1. The maximum Gasteiger partial charge on any atom is 0.573 e. The summed E-state index contributed by atoms with van der Waals surface area (Å²) in [7, 11) is 0. The van der Waals surface area contributed by atoms with Crippen molar-refractivity contribution in [2.45, 2.75) is 11.3 Å². The molecule has 1 radical (unpaired) electrons. The van der Waals surface area contributed by atoms with Gasteiger partial charge in [0.05, 0.1) is 13.2 Å². The fraction of sp³-hybridized carbons (Fsp3) is 0.455. The molecule has 2 rings (SSSR count). The van der Waals surface area contributed by atoms with Gasteiger partial charge < -0.3 is 14.4 Å². The van der Waals surface area contributed by atoms with Gasteiger partial charge in [0.2, 0.25) is 0 Å². The average Bonchev–Trinajstić information content (AvgIpc) is 2.27. The van der Waals surface area contributed by atoms with E-state index in [-0.39, 0.29) is 10.7 Å². The lowest BCUT2D eigenvalue weighted by molar-refractivity contribution is -0.274. The maximum atomic E-state index is 12.1. The number of halogens is 4. The van der Waals surface area contributed by atoms with Crippen molar-refractivity contribution in [1.29, 1.82) is 0 Å². The van der Waals surface area contributed by atoms with Crippen molar-refractivity contribution in [1.82, 2.24) is 0 Å². The Bertz CT molecular complexity index is 414. The first-order valence-corrected chi connectivity index (χ1v) is 6.13. The van der Waals surface area contributed by atoms with Crippen LogP contribution in [0.2, 0.25) is 0 Å². The number of morpholine rings is 1. The summed E-state index contributed by atoms with van der Waals surface area (Å²) in [5.41, 5.74) is 0.543. The molecule has 1 atom stereocenters. The molecule has 0 saturated carbocycles. The van der Waals surface area contributed by atoms with Crippen LogP contribution in [0.1, 0.15) is 0 Å². The first kappa shape index (κ1) is 13.5. The summed E-state index contributed by atoms with van der Waals surface area (Å²) in [4.78, 5) is 1.79. The predicted octanol–water partition coefficient (Wildman–Crippen LogP) is 2.94. The molecule has 1 aliphatic heterocycles. The summed E-state index contributed by atoms with van der Waals surface area (Å²) < 4.78 is 45.5. The van der Waals surface area contributed by atoms with Crippen molar-refractivity contribution < 1.29 is 22.6 Å². The van der Waals surface area contributed by atoms with E-state index in [0.29, 0.717) is 25.4 Å². The van der Waals surface area contributed by atoms with Crippen molar-refractivity contribution in [3.8, 4) is 5.75 Å². The van der Waals surface area contributed by atoms with Crippen LogP contribution >= 0.6 is 15.9 Å². The second kappa shape index (κ2) is 5.36. The molecule has 7 heteroatoms. The number of hydrogen-bond donors (Lipinski definition) is 0. The molecule has 3 nitrogen and oxygen atoms in total. The van der Waals surface area contributed by atoms with Gasteiger partial charge in [-0.3, -0.25) is 0 Å². The fourth-order valence-electron chi connectivity index (χ4n) is 1.64. The highest BCUT2D eigenvalue weighted by Gasteiger charge is 2.31. The zero-order valence-corrected chi connectivity index (χ0v) is 10.8. The topological polar surface area (TPSA) is 21.7 Å². The summed E-state index contributed by atoms with van der Waals surface area (Å²) in [6.45, 7) is 1.58. The van der Waals surface area contributed by atoms with Crippen LogP contribution in [0.5, 0.6) is 5.75 Å². The van der Waals surface area contributed by atoms with Crippen molar-refractivity contribution in [3.63, 3.8) is 0 Å². The fourth-order valence-corrected chi connectivity index (χ4v) is 2.25. The number of ether oxygens (including phenoxy) is 2. The van der Waals surface area contributed by atoms with Gasteiger partial charge in [0, 0.05) is 24.4 Å². The molecule has 1 aliphatic rings. The number of benzene rings is 1. The first-order chi connectivity index (χ1) is 8.46. The lowest BCUT2D eigenvalue weighted by Crippen LogP contribution is -2.41. The van der Waals surface area contributed by atoms with Gasteiger partial charge in [-0.05, 0) is 12.1 Å². The Morgan fingerprint density at radius 2 is 2.28 bits per heavy atom. The Morgan fingerprint density at radius 3 is 2.94 bits per heavy atom.